The predicted molar refractivity (Wildman–Crippen MR) is 91.3 cm³/mol. The van der Waals surface area contributed by atoms with Gasteiger partial charge < -0.3 is 0 Å². The normalized spacial score (nSPS) is 25.1. The molecule has 1 aliphatic rings. The fourth-order valence-electron chi connectivity index (χ4n) is 3.64. The Kier molecular flexibility index (Phi) is 5.30. The van der Waals surface area contributed by atoms with Gasteiger partial charge in [-0.05, 0) is 55.2 Å². The van der Waals surface area contributed by atoms with Crippen molar-refractivity contribution >= 4 is 10.2 Å². The molecule has 0 bridgehead atoms. The van der Waals surface area contributed by atoms with Crippen molar-refractivity contribution in [1.29, 1.82) is 0 Å². The first-order chi connectivity index (χ1) is 11.0. The monoisotopic (exact) mass is 370 g/mol. The summed E-state index contributed by atoms with van der Waals surface area (Å²) in [5.41, 5.74) is 0.755. The van der Waals surface area contributed by atoms with Crippen LogP contribution in [0.4, 0.5) is 19.4 Å². The van der Waals surface area contributed by atoms with Crippen LogP contribution in [0.2, 0.25) is 0 Å². The zero-order chi connectivity index (χ0) is 17.9. The second-order valence-electron chi connectivity index (χ2n) is 7.10. The Balaban J connectivity index is 1.89. The first-order valence-corrected chi connectivity index (χ1v) is 10.8. The molecule has 1 aliphatic carbocycles. The van der Waals surface area contributed by atoms with Crippen molar-refractivity contribution in [1.82, 2.24) is 0 Å². The highest BCUT2D eigenvalue weighted by molar-refractivity contribution is 8.45. The highest BCUT2D eigenvalue weighted by Gasteiger charge is 2.65. The average molecular weight is 370 g/mol. The predicted octanol–water partition coefficient (Wildman–Crippen LogP) is 8.59. The molecule has 0 aromatic heterocycles. The Bertz CT molecular complexity index is 526. The lowest BCUT2D eigenvalue weighted by atomic mass is 9.77. The highest BCUT2D eigenvalue weighted by atomic mass is 32.5. The maximum absolute atomic E-state index is 12.7. The van der Waals surface area contributed by atoms with Crippen LogP contribution in [0.1, 0.15) is 76.2 Å². The molecule has 1 aromatic rings. The SMILES string of the molecule is CCCCCC[C@H]1CC[C@H](c2ccc(S(F)(F)(F)(F)F)cc2)CC1. The summed E-state index contributed by atoms with van der Waals surface area (Å²) in [4.78, 5) is -1.79. The lowest BCUT2D eigenvalue weighted by Crippen LogP contribution is -2.13. The number of rotatable bonds is 7. The van der Waals surface area contributed by atoms with E-state index in [-0.39, 0.29) is 5.92 Å². The van der Waals surface area contributed by atoms with Gasteiger partial charge in [-0.3, -0.25) is 0 Å². The molecular formula is C18H27F5S. The van der Waals surface area contributed by atoms with Crippen molar-refractivity contribution in [3.63, 3.8) is 0 Å². The Labute approximate surface area is 141 Å². The van der Waals surface area contributed by atoms with Crippen molar-refractivity contribution < 1.29 is 19.4 Å². The summed E-state index contributed by atoms with van der Waals surface area (Å²) in [5, 5.41) is 0. The van der Waals surface area contributed by atoms with Gasteiger partial charge in [0.1, 0.15) is 4.90 Å². The van der Waals surface area contributed by atoms with Gasteiger partial charge in [0, 0.05) is 0 Å². The molecule has 0 aliphatic heterocycles. The van der Waals surface area contributed by atoms with E-state index in [0.29, 0.717) is 18.1 Å². The Morgan fingerprint density at radius 2 is 1.42 bits per heavy atom. The smallest absolute Gasteiger partial charge is 0.0936 e. The van der Waals surface area contributed by atoms with Crippen LogP contribution < -0.4 is 0 Å². The van der Waals surface area contributed by atoms with Gasteiger partial charge in [-0.2, -0.15) is 0 Å². The molecule has 6 heteroatoms. The maximum Gasteiger partial charge on any atom is 0.310 e. The average Bonchev–Trinajstić information content (AvgIpc) is 2.50. The van der Waals surface area contributed by atoms with Crippen molar-refractivity contribution in [3.05, 3.63) is 29.8 Å². The molecule has 0 N–H and O–H groups in total. The minimum Gasteiger partial charge on any atom is -0.0936 e. The van der Waals surface area contributed by atoms with Crippen molar-refractivity contribution in [3.8, 4) is 0 Å². The van der Waals surface area contributed by atoms with E-state index in [1.165, 1.54) is 44.2 Å². The minimum atomic E-state index is -9.54. The molecule has 2 rings (SSSR count). The molecular weight excluding hydrogens is 343 g/mol. The third-order valence-electron chi connectivity index (χ3n) is 5.11. The lowest BCUT2D eigenvalue weighted by Gasteiger charge is -2.40. The van der Waals surface area contributed by atoms with Crippen molar-refractivity contribution in [2.45, 2.75) is 75.5 Å². The van der Waals surface area contributed by atoms with Crippen LogP contribution in [0.15, 0.2) is 29.2 Å². The fourth-order valence-corrected chi connectivity index (χ4v) is 4.29. The van der Waals surface area contributed by atoms with E-state index in [4.69, 9.17) is 0 Å². The van der Waals surface area contributed by atoms with Gasteiger partial charge in [0.2, 0.25) is 0 Å². The summed E-state index contributed by atoms with van der Waals surface area (Å²) >= 11 is 0. The molecule has 0 spiro atoms. The van der Waals surface area contributed by atoms with Crippen LogP contribution >= 0.6 is 10.2 Å². The number of hydrogen-bond acceptors (Lipinski definition) is 0. The molecule has 0 unspecified atom stereocenters. The van der Waals surface area contributed by atoms with Crippen LogP contribution in [-0.4, -0.2) is 0 Å². The summed E-state index contributed by atoms with van der Waals surface area (Å²) in [7, 11) is -9.54. The van der Waals surface area contributed by atoms with E-state index in [1.54, 1.807) is 0 Å². The molecule has 1 aromatic carbocycles. The highest BCUT2D eigenvalue weighted by Crippen LogP contribution is 3.02. The van der Waals surface area contributed by atoms with E-state index in [0.717, 1.165) is 31.2 Å². The van der Waals surface area contributed by atoms with Crippen LogP contribution in [-0.2, 0) is 0 Å². The van der Waals surface area contributed by atoms with E-state index in [9.17, 15) is 19.4 Å². The molecule has 0 atom stereocenters. The van der Waals surface area contributed by atoms with E-state index in [1.807, 2.05) is 0 Å². The van der Waals surface area contributed by atoms with Crippen molar-refractivity contribution in [2.75, 3.05) is 0 Å². The topological polar surface area (TPSA) is 0 Å². The van der Waals surface area contributed by atoms with E-state index < -0.39 is 15.1 Å². The molecule has 1 saturated carbocycles. The Morgan fingerprint density at radius 3 is 1.92 bits per heavy atom. The van der Waals surface area contributed by atoms with Gasteiger partial charge in [-0.1, -0.05) is 70.6 Å². The number of hydrogen-bond donors (Lipinski definition) is 0. The van der Waals surface area contributed by atoms with Crippen LogP contribution in [0.25, 0.3) is 0 Å². The molecule has 0 saturated heterocycles. The van der Waals surface area contributed by atoms with Gasteiger partial charge in [0.15, 0.2) is 0 Å². The molecule has 140 valence electrons. The maximum atomic E-state index is 12.7. The molecule has 1 fully saturated rings. The molecule has 0 amide bonds. The number of benzene rings is 1. The third-order valence-corrected chi connectivity index (χ3v) is 6.27. The second kappa shape index (κ2) is 6.50. The van der Waals surface area contributed by atoms with Gasteiger partial charge in [-0.25, -0.2) is 0 Å². The molecule has 0 nitrogen and oxygen atoms in total. The summed E-state index contributed by atoms with van der Waals surface area (Å²) in [6.07, 6.45) is 10.3. The lowest BCUT2D eigenvalue weighted by molar-refractivity contribution is 0.302. The first-order valence-electron chi connectivity index (χ1n) is 8.83. The summed E-state index contributed by atoms with van der Waals surface area (Å²) in [6.45, 7) is 2.19. The van der Waals surface area contributed by atoms with Gasteiger partial charge in [-0.15, -0.1) is 0 Å². The summed E-state index contributed by atoms with van der Waals surface area (Å²) in [5.74, 6) is 0.909. The largest absolute Gasteiger partial charge is 0.310 e. The summed E-state index contributed by atoms with van der Waals surface area (Å²) < 4.78 is 63.7. The third kappa shape index (κ3) is 5.64. The summed E-state index contributed by atoms with van der Waals surface area (Å²) in [6, 6.07) is 3.57. The molecule has 24 heavy (non-hydrogen) atoms. The van der Waals surface area contributed by atoms with Crippen molar-refractivity contribution in [2.24, 2.45) is 5.92 Å². The van der Waals surface area contributed by atoms with Gasteiger partial charge >= 0.3 is 10.2 Å². The second-order valence-corrected chi connectivity index (χ2v) is 9.51. The molecule has 0 radical (unpaired) electrons. The zero-order valence-electron chi connectivity index (χ0n) is 14.1. The number of unbranched alkanes of at least 4 members (excludes halogenated alkanes) is 3. The van der Waals surface area contributed by atoms with Crippen LogP contribution in [0, 0.1) is 5.92 Å². The van der Waals surface area contributed by atoms with Gasteiger partial charge in [0.25, 0.3) is 0 Å². The van der Waals surface area contributed by atoms with E-state index >= 15 is 0 Å². The minimum absolute atomic E-state index is 0.199. The van der Waals surface area contributed by atoms with Gasteiger partial charge in [0.05, 0.1) is 0 Å². The van der Waals surface area contributed by atoms with Crippen LogP contribution in [0.3, 0.4) is 0 Å². The van der Waals surface area contributed by atoms with Crippen LogP contribution in [0.5, 0.6) is 0 Å². The molecule has 0 heterocycles. The Morgan fingerprint density at radius 1 is 0.833 bits per heavy atom. The zero-order valence-corrected chi connectivity index (χ0v) is 14.9. The van der Waals surface area contributed by atoms with E-state index in [2.05, 4.69) is 6.92 Å². The number of halogens is 5. The first kappa shape index (κ1) is 19.5. The standard InChI is InChI=1S/C18H27F5S/c1-2-3-4-5-6-15-7-9-16(10-8-15)17-11-13-18(14-12-17)24(19,20,21,22)23/h11-16H,2-10H2,1H3/t15-,16-. The fraction of sp³-hybridized carbons (Fsp3) is 0.667. The quantitative estimate of drug-likeness (QED) is 0.333. The Hall–Kier alpha value is -0.780.